The van der Waals surface area contributed by atoms with E-state index in [1.165, 1.54) is 64.0 Å². The molecule has 46 heavy (non-hydrogen) atoms. The van der Waals surface area contributed by atoms with E-state index in [4.69, 9.17) is 0 Å². The highest BCUT2D eigenvalue weighted by molar-refractivity contribution is 7.26. The first kappa shape index (κ1) is 26.7. The summed E-state index contributed by atoms with van der Waals surface area (Å²) in [5.74, 6) is 0. The minimum Gasteiger partial charge on any atom is -0.309 e. The van der Waals surface area contributed by atoms with Gasteiger partial charge in [-0.05, 0) is 57.6 Å². The predicted octanol–water partition coefficient (Wildman–Crippen LogP) is 13.2. The van der Waals surface area contributed by atoms with Gasteiger partial charge in [0.25, 0.3) is 0 Å². The van der Waals surface area contributed by atoms with Gasteiger partial charge >= 0.3 is 0 Å². The first-order chi connectivity index (χ1) is 22.8. The van der Waals surface area contributed by atoms with Gasteiger partial charge in [-0.1, -0.05) is 146 Å². The lowest BCUT2D eigenvalue weighted by Crippen LogP contribution is -2.11. The van der Waals surface area contributed by atoms with E-state index in [-0.39, 0.29) is 0 Å². The van der Waals surface area contributed by atoms with Crippen LogP contribution in [0.1, 0.15) is 0 Å². The summed E-state index contributed by atoms with van der Waals surface area (Å²) in [4.78, 5) is 2.44. The number of benzene rings is 8. The Kier molecular flexibility index (Phi) is 6.40. The lowest BCUT2D eigenvalue weighted by Gasteiger charge is -2.29. The maximum absolute atomic E-state index is 2.44. The van der Waals surface area contributed by atoms with E-state index in [2.05, 4.69) is 181 Å². The molecular weight excluding hydrogens is 575 g/mol. The van der Waals surface area contributed by atoms with Crippen molar-refractivity contribution >= 4 is 70.1 Å². The Hall–Kier alpha value is -5.70. The van der Waals surface area contributed by atoms with E-state index in [9.17, 15) is 0 Å². The van der Waals surface area contributed by atoms with Crippen molar-refractivity contribution in [3.8, 4) is 22.3 Å². The molecule has 0 fully saturated rings. The quantitative estimate of drug-likeness (QED) is 0.189. The second-order valence-electron chi connectivity index (χ2n) is 11.7. The van der Waals surface area contributed by atoms with Crippen LogP contribution < -0.4 is 4.90 Å². The van der Waals surface area contributed by atoms with Gasteiger partial charge in [-0.25, -0.2) is 0 Å². The van der Waals surface area contributed by atoms with Crippen molar-refractivity contribution in [3.63, 3.8) is 0 Å². The second-order valence-corrected chi connectivity index (χ2v) is 12.8. The van der Waals surface area contributed by atoms with Crippen LogP contribution in [0.3, 0.4) is 0 Å². The zero-order valence-corrected chi connectivity index (χ0v) is 25.9. The number of hydrogen-bond acceptors (Lipinski definition) is 2. The molecule has 0 bridgehead atoms. The molecule has 0 atom stereocenters. The summed E-state index contributed by atoms with van der Waals surface area (Å²) in [5.41, 5.74) is 8.36. The summed E-state index contributed by atoms with van der Waals surface area (Å²) in [7, 11) is 0. The number of thiophene rings is 1. The SMILES string of the molecule is c1ccc(N(c2ccc(-c3cccc4ccccc34)cc2)c2cccc3ccccc23)c(-c2cccc3c2sc2ccccc23)c1. The van der Waals surface area contributed by atoms with Crippen molar-refractivity contribution in [2.24, 2.45) is 0 Å². The molecule has 0 saturated heterocycles. The summed E-state index contributed by atoms with van der Waals surface area (Å²) in [6.07, 6.45) is 0. The average molecular weight is 604 g/mol. The summed E-state index contributed by atoms with van der Waals surface area (Å²) >= 11 is 1.88. The van der Waals surface area contributed by atoms with Crippen molar-refractivity contribution in [3.05, 3.63) is 176 Å². The van der Waals surface area contributed by atoms with Crippen LogP contribution in [0.15, 0.2) is 176 Å². The molecule has 0 amide bonds. The molecule has 2 heteroatoms. The molecule has 216 valence electrons. The number of para-hydroxylation sites is 1. The third-order valence-electron chi connectivity index (χ3n) is 9.07. The van der Waals surface area contributed by atoms with E-state index in [1.807, 2.05) is 11.3 Å². The van der Waals surface area contributed by atoms with Gasteiger partial charge in [-0.3, -0.25) is 0 Å². The van der Waals surface area contributed by atoms with Crippen molar-refractivity contribution < 1.29 is 0 Å². The normalized spacial score (nSPS) is 11.5. The van der Waals surface area contributed by atoms with Crippen LogP contribution in [0, 0.1) is 0 Å². The molecule has 0 N–H and O–H groups in total. The number of rotatable bonds is 5. The topological polar surface area (TPSA) is 3.24 Å². The number of hydrogen-bond donors (Lipinski definition) is 0. The Morgan fingerprint density at radius 3 is 1.74 bits per heavy atom. The van der Waals surface area contributed by atoms with Gasteiger partial charge in [0.2, 0.25) is 0 Å². The van der Waals surface area contributed by atoms with Crippen molar-refractivity contribution in [2.45, 2.75) is 0 Å². The van der Waals surface area contributed by atoms with Crippen LogP contribution in [0.25, 0.3) is 64.0 Å². The highest BCUT2D eigenvalue weighted by Crippen LogP contribution is 2.47. The van der Waals surface area contributed by atoms with Crippen molar-refractivity contribution in [1.29, 1.82) is 0 Å². The Balaban J connectivity index is 1.27. The van der Waals surface area contributed by atoms with Crippen LogP contribution in [0.4, 0.5) is 17.1 Å². The summed E-state index contributed by atoms with van der Waals surface area (Å²) in [6, 6.07) is 63.9. The zero-order valence-electron chi connectivity index (χ0n) is 25.1. The molecule has 1 heterocycles. The maximum atomic E-state index is 2.44. The van der Waals surface area contributed by atoms with Gasteiger partial charge in [-0.15, -0.1) is 11.3 Å². The van der Waals surface area contributed by atoms with E-state index in [0.717, 1.165) is 17.1 Å². The molecular formula is C44H29NS. The minimum absolute atomic E-state index is 1.12. The van der Waals surface area contributed by atoms with E-state index < -0.39 is 0 Å². The standard InChI is InChI=1S/C44H29NS/c1-3-16-34-30(12-1)14-9-20-35(34)32-26-28-33(29-27-32)45(41-24-10-15-31-13-2-4-17-36(31)41)42-23-7-5-18-37(42)39-21-11-22-40-38-19-6-8-25-43(38)46-44(39)40/h1-29H. The van der Waals surface area contributed by atoms with E-state index in [1.54, 1.807) is 0 Å². The van der Waals surface area contributed by atoms with Crippen molar-refractivity contribution in [2.75, 3.05) is 4.90 Å². The maximum Gasteiger partial charge on any atom is 0.0540 e. The number of nitrogens with zero attached hydrogens (tertiary/aromatic N) is 1. The van der Waals surface area contributed by atoms with Crippen LogP contribution in [0.5, 0.6) is 0 Å². The minimum atomic E-state index is 1.12. The van der Waals surface area contributed by atoms with Crippen LogP contribution in [-0.4, -0.2) is 0 Å². The van der Waals surface area contributed by atoms with Gasteiger partial charge in [0.1, 0.15) is 0 Å². The Morgan fingerprint density at radius 2 is 0.891 bits per heavy atom. The molecule has 0 saturated carbocycles. The predicted molar refractivity (Wildman–Crippen MR) is 200 cm³/mol. The van der Waals surface area contributed by atoms with Gasteiger partial charge < -0.3 is 4.90 Å². The molecule has 0 aliphatic rings. The molecule has 9 rings (SSSR count). The lowest BCUT2D eigenvalue weighted by molar-refractivity contribution is 1.30. The average Bonchev–Trinajstić information content (AvgIpc) is 3.51. The molecule has 9 aromatic rings. The smallest absolute Gasteiger partial charge is 0.0540 e. The first-order valence-electron chi connectivity index (χ1n) is 15.7. The molecule has 0 aliphatic heterocycles. The summed E-state index contributed by atoms with van der Waals surface area (Å²) < 4.78 is 2.64. The first-order valence-corrected chi connectivity index (χ1v) is 16.5. The number of anilines is 3. The fourth-order valence-electron chi connectivity index (χ4n) is 6.93. The summed E-state index contributed by atoms with van der Waals surface area (Å²) in [6.45, 7) is 0. The van der Waals surface area contributed by atoms with Crippen LogP contribution in [0.2, 0.25) is 0 Å². The Morgan fingerprint density at radius 1 is 0.348 bits per heavy atom. The van der Waals surface area contributed by atoms with Gasteiger partial charge in [-0.2, -0.15) is 0 Å². The van der Waals surface area contributed by atoms with Crippen LogP contribution in [-0.2, 0) is 0 Å². The molecule has 0 radical (unpaired) electrons. The van der Waals surface area contributed by atoms with Gasteiger partial charge in [0, 0.05) is 42.4 Å². The Labute approximate surface area is 272 Å². The summed E-state index contributed by atoms with van der Waals surface area (Å²) in [5, 5.41) is 7.59. The lowest BCUT2D eigenvalue weighted by atomic mass is 9.97. The van der Waals surface area contributed by atoms with E-state index in [0.29, 0.717) is 0 Å². The molecule has 8 aromatic carbocycles. The van der Waals surface area contributed by atoms with Gasteiger partial charge in [0.15, 0.2) is 0 Å². The van der Waals surface area contributed by atoms with E-state index >= 15 is 0 Å². The third-order valence-corrected chi connectivity index (χ3v) is 10.3. The van der Waals surface area contributed by atoms with Gasteiger partial charge in [0.05, 0.1) is 11.4 Å². The van der Waals surface area contributed by atoms with Crippen LogP contribution >= 0.6 is 11.3 Å². The molecule has 0 aliphatic carbocycles. The largest absolute Gasteiger partial charge is 0.309 e. The fourth-order valence-corrected chi connectivity index (χ4v) is 8.16. The molecule has 0 spiro atoms. The fraction of sp³-hybridized carbons (Fsp3) is 0. The molecule has 1 nitrogen and oxygen atoms in total. The third kappa shape index (κ3) is 4.38. The second kappa shape index (κ2) is 11.0. The zero-order chi connectivity index (χ0) is 30.5. The highest BCUT2D eigenvalue weighted by atomic mass is 32.1. The Bertz CT molecular complexity index is 2530. The number of fused-ring (bicyclic) bond motifs is 5. The molecule has 1 aromatic heterocycles. The van der Waals surface area contributed by atoms with Crippen molar-refractivity contribution in [1.82, 2.24) is 0 Å². The molecule has 0 unspecified atom stereocenters. The monoisotopic (exact) mass is 603 g/mol. The highest BCUT2D eigenvalue weighted by Gasteiger charge is 2.21.